The van der Waals surface area contributed by atoms with Gasteiger partial charge >= 0.3 is 0 Å². The zero-order chi connectivity index (χ0) is 16.0. The third-order valence-corrected chi connectivity index (χ3v) is 17.8. The third-order valence-electron chi connectivity index (χ3n) is 4.34. The molecular formula is C16H36NPSi2. The van der Waals surface area contributed by atoms with Crippen molar-refractivity contribution in [1.82, 2.24) is 4.67 Å². The van der Waals surface area contributed by atoms with Crippen molar-refractivity contribution < 1.29 is 0 Å². The summed E-state index contributed by atoms with van der Waals surface area (Å²) in [6.07, 6.45) is 4.06. The summed E-state index contributed by atoms with van der Waals surface area (Å²) in [5.74, 6) is 0. The Hall–Kier alpha value is 0.564. The molecule has 0 bridgehead atoms. The normalized spacial score (nSPS) is 23.9. The molecule has 0 aromatic rings. The van der Waals surface area contributed by atoms with Crippen molar-refractivity contribution in [3.63, 3.8) is 0 Å². The van der Waals surface area contributed by atoms with Crippen LogP contribution in [-0.2, 0) is 0 Å². The molecule has 1 fully saturated rings. The second kappa shape index (κ2) is 5.64. The number of nitrogens with zero attached hydrogens (tertiary/aromatic N) is 1. The zero-order valence-corrected chi connectivity index (χ0v) is 18.4. The highest BCUT2D eigenvalue weighted by Crippen LogP contribution is 2.44. The molecule has 1 nitrogen and oxygen atoms in total. The molecule has 0 unspecified atom stereocenters. The van der Waals surface area contributed by atoms with E-state index in [1.165, 1.54) is 19.3 Å². The average Bonchev–Trinajstić information content (AvgIpc) is 2.09. The van der Waals surface area contributed by atoms with E-state index >= 15 is 0 Å². The van der Waals surface area contributed by atoms with Crippen molar-refractivity contribution in [3.8, 4) is 0 Å². The molecule has 1 aliphatic rings. The molecule has 0 amide bonds. The molecule has 0 atom stereocenters. The smallest absolute Gasteiger partial charge is 0.0747 e. The molecule has 20 heavy (non-hydrogen) atoms. The molecule has 4 heteroatoms. The maximum Gasteiger partial charge on any atom is 0.0747 e. The van der Waals surface area contributed by atoms with Gasteiger partial charge in [-0.15, -0.1) is 0 Å². The van der Waals surface area contributed by atoms with E-state index in [-0.39, 0.29) is 0 Å². The van der Waals surface area contributed by atoms with E-state index in [0.717, 1.165) is 0 Å². The molecule has 0 aromatic carbocycles. The molecule has 0 saturated carbocycles. The van der Waals surface area contributed by atoms with Gasteiger partial charge in [-0.05, 0) is 55.3 Å². The quantitative estimate of drug-likeness (QED) is 0.466. The Kier molecular flexibility index (Phi) is 5.25. The van der Waals surface area contributed by atoms with Gasteiger partial charge in [-0.2, -0.15) is 0 Å². The molecule has 0 N–H and O–H groups in total. The van der Waals surface area contributed by atoms with E-state index in [2.05, 4.69) is 71.6 Å². The van der Waals surface area contributed by atoms with Gasteiger partial charge in [0.05, 0.1) is 16.1 Å². The first-order valence-electron chi connectivity index (χ1n) is 8.08. The number of hydrogen-bond donors (Lipinski definition) is 0. The third kappa shape index (κ3) is 4.28. The lowest BCUT2D eigenvalue weighted by Crippen LogP contribution is -2.56. The Balaban J connectivity index is 3.33. The van der Waals surface area contributed by atoms with Gasteiger partial charge in [-0.3, -0.25) is 0 Å². The minimum Gasteiger partial charge on any atom is -0.247 e. The molecular weight excluding hydrogens is 293 g/mol. The van der Waals surface area contributed by atoms with Crippen LogP contribution in [0.4, 0.5) is 0 Å². The summed E-state index contributed by atoms with van der Waals surface area (Å²) >= 11 is 0. The summed E-state index contributed by atoms with van der Waals surface area (Å²) in [5, 5.41) is 0. The Morgan fingerprint density at radius 1 is 0.800 bits per heavy atom. The monoisotopic (exact) mass is 329 g/mol. The zero-order valence-electron chi connectivity index (χ0n) is 15.5. The van der Waals surface area contributed by atoms with E-state index in [9.17, 15) is 0 Å². The van der Waals surface area contributed by atoms with Crippen LogP contribution in [0.2, 0.25) is 39.3 Å². The highest BCUT2D eigenvalue weighted by Gasteiger charge is 2.42. The number of hydrogen-bond acceptors (Lipinski definition) is 1. The summed E-state index contributed by atoms with van der Waals surface area (Å²) in [7, 11) is -0.854. The second-order valence-corrected chi connectivity index (χ2v) is 22.1. The summed E-state index contributed by atoms with van der Waals surface area (Å²) in [6, 6.07) is 0. The van der Waals surface area contributed by atoms with Crippen molar-refractivity contribution >= 4 is 29.0 Å². The lowest BCUT2D eigenvalue weighted by molar-refractivity contribution is 0.0657. The Morgan fingerprint density at radius 2 is 1.15 bits per heavy atom. The van der Waals surface area contributed by atoms with E-state index in [0.29, 0.717) is 11.1 Å². The molecule has 0 aliphatic carbocycles. The van der Waals surface area contributed by atoms with Gasteiger partial charge in [-0.25, -0.2) is 4.67 Å². The largest absolute Gasteiger partial charge is 0.247 e. The molecule has 0 spiro atoms. The molecule has 0 radical (unpaired) electrons. The van der Waals surface area contributed by atoms with E-state index in [1.807, 2.05) is 4.54 Å². The summed E-state index contributed by atoms with van der Waals surface area (Å²) in [4.78, 5) is 0. The van der Waals surface area contributed by atoms with Crippen LogP contribution >= 0.6 is 8.35 Å². The second-order valence-electron chi connectivity index (χ2n) is 9.74. The number of piperidine rings is 1. The van der Waals surface area contributed by atoms with Crippen LogP contribution in [0.5, 0.6) is 0 Å². The van der Waals surface area contributed by atoms with Gasteiger partial charge in [0.2, 0.25) is 0 Å². The molecule has 0 aromatic heterocycles. The van der Waals surface area contributed by atoms with E-state index in [4.69, 9.17) is 0 Å². The first-order chi connectivity index (χ1) is 8.68. The minimum absolute atomic E-state index is 0.341. The van der Waals surface area contributed by atoms with Gasteiger partial charge in [0.1, 0.15) is 0 Å². The van der Waals surface area contributed by atoms with Crippen LogP contribution in [0, 0.1) is 0 Å². The van der Waals surface area contributed by atoms with Crippen LogP contribution in [0.25, 0.3) is 0 Å². The van der Waals surface area contributed by atoms with Crippen LogP contribution in [-0.4, -0.2) is 36.4 Å². The topological polar surface area (TPSA) is 3.24 Å². The first kappa shape index (κ1) is 18.6. The Bertz CT molecular complexity index is 354. The lowest BCUT2D eigenvalue weighted by Gasteiger charge is -2.51. The van der Waals surface area contributed by atoms with Crippen LogP contribution in [0.3, 0.4) is 0 Å². The molecule has 118 valence electrons. The maximum absolute atomic E-state index is 2.81. The highest BCUT2D eigenvalue weighted by molar-refractivity contribution is 7.61. The van der Waals surface area contributed by atoms with Crippen LogP contribution in [0.1, 0.15) is 47.0 Å². The Labute approximate surface area is 131 Å². The molecule has 1 rings (SSSR count). The molecule has 1 saturated heterocycles. The fourth-order valence-electron chi connectivity index (χ4n) is 3.78. The van der Waals surface area contributed by atoms with Crippen molar-refractivity contribution in [2.45, 2.75) is 97.3 Å². The standard InChI is InChI=1S/C16H36NPSi2/c1-15(2)12-11-13-16(3,4)17(15)18-14(19(5,6)7)20(8,9)10/h11-13H2,1-10H3. The van der Waals surface area contributed by atoms with Gasteiger partial charge in [-0.1, -0.05) is 43.8 Å². The first-order valence-corrected chi connectivity index (χ1v) is 15.9. The van der Waals surface area contributed by atoms with E-state index < -0.39 is 16.1 Å². The molecule has 1 aliphatic heterocycles. The van der Waals surface area contributed by atoms with Gasteiger partial charge in [0.25, 0.3) is 0 Å². The fraction of sp³-hybridized carbons (Fsp3) is 0.938. The van der Waals surface area contributed by atoms with Crippen LogP contribution in [0.15, 0.2) is 0 Å². The summed E-state index contributed by atoms with van der Waals surface area (Å²) < 4.78 is 4.74. The fourth-order valence-corrected chi connectivity index (χ4v) is 16.7. The Morgan fingerprint density at radius 3 is 1.45 bits per heavy atom. The highest BCUT2D eigenvalue weighted by atomic mass is 31.1. The SMILES string of the molecule is CC1(C)CCCC(C)(C)N1P=C([Si](C)(C)C)[Si](C)(C)C. The minimum atomic E-state index is -1.21. The summed E-state index contributed by atoms with van der Waals surface area (Å²) in [5.41, 5.74) is 0.682. The predicted octanol–water partition coefficient (Wildman–Crippen LogP) is 5.82. The lowest BCUT2D eigenvalue weighted by atomic mass is 9.83. The number of rotatable bonds is 3. The molecule has 1 heterocycles. The van der Waals surface area contributed by atoms with Crippen molar-refractivity contribution in [2.24, 2.45) is 0 Å². The maximum atomic E-state index is 2.81. The van der Waals surface area contributed by atoms with E-state index in [1.54, 1.807) is 8.35 Å². The summed E-state index contributed by atoms with van der Waals surface area (Å²) in [6.45, 7) is 25.0. The van der Waals surface area contributed by atoms with Crippen LogP contribution < -0.4 is 0 Å². The van der Waals surface area contributed by atoms with Gasteiger partial charge in [0, 0.05) is 11.1 Å². The average molecular weight is 330 g/mol. The van der Waals surface area contributed by atoms with Crippen molar-refractivity contribution in [2.75, 3.05) is 0 Å². The van der Waals surface area contributed by atoms with Crippen molar-refractivity contribution in [3.05, 3.63) is 0 Å². The predicted molar refractivity (Wildman–Crippen MR) is 102 cm³/mol. The van der Waals surface area contributed by atoms with Gasteiger partial charge < -0.3 is 0 Å². The van der Waals surface area contributed by atoms with Gasteiger partial charge in [0.15, 0.2) is 0 Å². The van der Waals surface area contributed by atoms with Crippen molar-refractivity contribution in [1.29, 1.82) is 0 Å².